The number of aryl methyl sites for hydroxylation is 1. The second-order valence-corrected chi connectivity index (χ2v) is 4.90. The minimum Gasteiger partial charge on any atom is -0.497 e. The monoisotopic (exact) mass is 259 g/mol. The average molecular weight is 259 g/mol. The van der Waals surface area contributed by atoms with Crippen LogP contribution in [0.15, 0.2) is 30.6 Å². The molecule has 0 amide bonds. The highest BCUT2D eigenvalue weighted by Crippen LogP contribution is 2.26. The molecule has 2 aromatic rings. The molecular weight excluding hydrogens is 238 g/mol. The normalized spacial score (nSPS) is 14.2. The zero-order valence-corrected chi connectivity index (χ0v) is 11.9. The van der Waals surface area contributed by atoms with Crippen LogP contribution in [0, 0.1) is 13.8 Å². The molecule has 0 spiro atoms. The van der Waals surface area contributed by atoms with Gasteiger partial charge in [-0.05, 0) is 38.5 Å². The van der Waals surface area contributed by atoms with Crippen molar-refractivity contribution in [3.05, 3.63) is 47.5 Å². The Morgan fingerprint density at radius 2 is 2.05 bits per heavy atom. The van der Waals surface area contributed by atoms with Crippen LogP contribution < -0.4 is 10.5 Å². The van der Waals surface area contributed by atoms with Gasteiger partial charge in [0.05, 0.1) is 25.2 Å². The van der Waals surface area contributed by atoms with Crippen LogP contribution in [0.1, 0.15) is 29.9 Å². The van der Waals surface area contributed by atoms with Gasteiger partial charge in [-0.3, -0.25) is 0 Å². The molecule has 19 heavy (non-hydrogen) atoms. The third-order valence-corrected chi connectivity index (χ3v) is 3.52. The fourth-order valence-corrected chi connectivity index (χ4v) is 2.34. The number of nitrogens with zero attached hydrogens (tertiary/aromatic N) is 2. The summed E-state index contributed by atoms with van der Waals surface area (Å²) in [7, 11) is 1.67. The summed E-state index contributed by atoms with van der Waals surface area (Å²) in [6.07, 6.45) is 1.86. The van der Waals surface area contributed by atoms with Gasteiger partial charge in [0, 0.05) is 11.7 Å². The fourth-order valence-electron chi connectivity index (χ4n) is 2.34. The topological polar surface area (TPSA) is 53.1 Å². The van der Waals surface area contributed by atoms with Crippen LogP contribution >= 0.6 is 0 Å². The Kier molecular flexibility index (Phi) is 3.90. The molecule has 102 valence electrons. The Morgan fingerprint density at radius 3 is 2.58 bits per heavy atom. The first-order valence-corrected chi connectivity index (χ1v) is 6.44. The maximum Gasteiger partial charge on any atom is 0.119 e. The maximum atomic E-state index is 6.18. The first-order chi connectivity index (χ1) is 9.04. The zero-order valence-electron chi connectivity index (χ0n) is 11.9. The van der Waals surface area contributed by atoms with Gasteiger partial charge in [-0.2, -0.15) is 0 Å². The summed E-state index contributed by atoms with van der Waals surface area (Å²) >= 11 is 0. The van der Waals surface area contributed by atoms with Crippen LogP contribution in [0.25, 0.3) is 0 Å². The first kappa shape index (κ1) is 13.6. The molecule has 2 N–H and O–H groups in total. The molecule has 0 saturated heterocycles. The van der Waals surface area contributed by atoms with Crippen molar-refractivity contribution in [3.8, 4) is 5.75 Å². The highest BCUT2D eigenvalue weighted by atomic mass is 16.5. The maximum absolute atomic E-state index is 6.18. The predicted octanol–water partition coefficient (Wildman–Crippen LogP) is 2.45. The number of imidazole rings is 1. The summed E-state index contributed by atoms with van der Waals surface area (Å²) in [6.45, 7) is 6.09. The SMILES string of the molecule is COc1cccc(C(C(C)N)n2cnc(C)c2C)c1. The number of nitrogens with two attached hydrogens (primary N) is 1. The summed E-state index contributed by atoms with van der Waals surface area (Å²) in [5.41, 5.74) is 9.49. The van der Waals surface area contributed by atoms with E-state index in [1.54, 1.807) is 7.11 Å². The van der Waals surface area contributed by atoms with E-state index in [0.717, 1.165) is 22.7 Å². The lowest BCUT2D eigenvalue weighted by Crippen LogP contribution is -2.30. The van der Waals surface area contributed by atoms with Crippen LogP contribution in [0.5, 0.6) is 5.75 Å². The van der Waals surface area contributed by atoms with E-state index >= 15 is 0 Å². The van der Waals surface area contributed by atoms with E-state index < -0.39 is 0 Å². The second kappa shape index (κ2) is 5.45. The molecule has 0 saturated carbocycles. The molecular formula is C15H21N3O. The molecule has 1 aromatic carbocycles. The number of ether oxygens (including phenoxy) is 1. The van der Waals surface area contributed by atoms with Gasteiger partial charge in [-0.25, -0.2) is 4.98 Å². The van der Waals surface area contributed by atoms with Gasteiger partial charge in [0.15, 0.2) is 0 Å². The minimum atomic E-state index is -0.0144. The highest BCUT2D eigenvalue weighted by molar-refractivity contribution is 5.32. The smallest absolute Gasteiger partial charge is 0.119 e. The molecule has 4 nitrogen and oxygen atoms in total. The van der Waals surface area contributed by atoms with Crippen LogP contribution in [-0.4, -0.2) is 22.7 Å². The van der Waals surface area contributed by atoms with E-state index in [0.29, 0.717) is 0 Å². The van der Waals surface area contributed by atoms with Gasteiger partial charge in [0.2, 0.25) is 0 Å². The van der Waals surface area contributed by atoms with Crippen LogP contribution in [0.2, 0.25) is 0 Å². The quantitative estimate of drug-likeness (QED) is 0.917. The van der Waals surface area contributed by atoms with E-state index in [1.807, 2.05) is 38.4 Å². The van der Waals surface area contributed by atoms with Gasteiger partial charge < -0.3 is 15.0 Å². The summed E-state index contributed by atoms with van der Waals surface area (Å²) in [6, 6.07) is 8.08. The van der Waals surface area contributed by atoms with Gasteiger partial charge in [0.25, 0.3) is 0 Å². The van der Waals surface area contributed by atoms with Gasteiger partial charge in [-0.15, -0.1) is 0 Å². The molecule has 2 unspecified atom stereocenters. The molecule has 2 atom stereocenters. The molecule has 0 radical (unpaired) electrons. The van der Waals surface area contributed by atoms with Crippen molar-refractivity contribution >= 4 is 0 Å². The Hall–Kier alpha value is -1.81. The number of aromatic nitrogens is 2. The van der Waals surface area contributed by atoms with Crippen molar-refractivity contribution in [2.75, 3.05) is 7.11 Å². The van der Waals surface area contributed by atoms with Gasteiger partial charge in [0.1, 0.15) is 5.75 Å². The summed E-state index contributed by atoms with van der Waals surface area (Å²) in [5.74, 6) is 0.845. The lowest BCUT2D eigenvalue weighted by atomic mass is 10.00. The summed E-state index contributed by atoms with van der Waals surface area (Å²) in [5, 5.41) is 0. The van der Waals surface area contributed by atoms with E-state index in [-0.39, 0.29) is 12.1 Å². The molecule has 0 bridgehead atoms. The zero-order chi connectivity index (χ0) is 14.0. The van der Waals surface area contributed by atoms with E-state index in [4.69, 9.17) is 10.5 Å². The third-order valence-electron chi connectivity index (χ3n) is 3.52. The summed E-state index contributed by atoms with van der Waals surface area (Å²) < 4.78 is 7.42. The standard InChI is InChI=1S/C15H21N3O/c1-10(16)15(18-9-17-11(2)12(18)3)13-6-5-7-14(8-13)19-4/h5-10,15H,16H2,1-4H3. The molecule has 0 fully saturated rings. The molecule has 4 heteroatoms. The van der Waals surface area contributed by atoms with Crippen LogP contribution in [-0.2, 0) is 0 Å². The van der Waals surface area contributed by atoms with E-state index in [9.17, 15) is 0 Å². The number of hydrogen-bond donors (Lipinski definition) is 1. The van der Waals surface area contributed by atoms with E-state index in [1.165, 1.54) is 0 Å². The molecule has 1 aromatic heterocycles. The first-order valence-electron chi connectivity index (χ1n) is 6.44. The van der Waals surface area contributed by atoms with Gasteiger partial charge >= 0.3 is 0 Å². The lowest BCUT2D eigenvalue weighted by Gasteiger charge is -2.24. The molecule has 1 heterocycles. The predicted molar refractivity (Wildman–Crippen MR) is 76.5 cm³/mol. The molecule has 0 aliphatic carbocycles. The fraction of sp³-hybridized carbons (Fsp3) is 0.400. The number of rotatable bonds is 4. The van der Waals surface area contributed by atoms with Crippen molar-refractivity contribution in [2.24, 2.45) is 5.73 Å². The van der Waals surface area contributed by atoms with Gasteiger partial charge in [-0.1, -0.05) is 12.1 Å². The molecule has 0 aliphatic heterocycles. The molecule has 0 aliphatic rings. The number of hydrogen-bond acceptors (Lipinski definition) is 3. The van der Waals surface area contributed by atoms with Crippen LogP contribution in [0.3, 0.4) is 0 Å². The lowest BCUT2D eigenvalue weighted by molar-refractivity contribution is 0.411. The molecule has 2 rings (SSSR count). The minimum absolute atomic E-state index is 0.0144. The third kappa shape index (κ3) is 2.63. The van der Waals surface area contributed by atoms with Crippen molar-refractivity contribution in [1.29, 1.82) is 0 Å². The van der Waals surface area contributed by atoms with Crippen molar-refractivity contribution < 1.29 is 4.74 Å². The largest absolute Gasteiger partial charge is 0.497 e. The Balaban J connectivity index is 2.48. The summed E-state index contributed by atoms with van der Waals surface area (Å²) in [4.78, 5) is 4.36. The average Bonchev–Trinajstić information content (AvgIpc) is 2.71. The highest BCUT2D eigenvalue weighted by Gasteiger charge is 2.20. The Bertz CT molecular complexity index is 560. The number of methoxy groups -OCH3 is 1. The van der Waals surface area contributed by atoms with Crippen molar-refractivity contribution in [2.45, 2.75) is 32.9 Å². The Morgan fingerprint density at radius 1 is 1.32 bits per heavy atom. The van der Waals surface area contributed by atoms with Crippen molar-refractivity contribution in [1.82, 2.24) is 9.55 Å². The number of benzene rings is 1. The van der Waals surface area contributed by atoms with Crippen LogP contribution in [0.4, 0.5) is 0 Å². The van der Waals surface area contributed by atoms with Crippen molar-refractivity contribution in [3.63, 3.8) is 0 Å². The van der Waals surface area contributed by atoms with E-state index in [2.05, 4.69) is 22.5 Å². The Labute approximate surface area is 114 Å². The second-order valence-electron chi connectivity index (χ2n) is 4.90.